The Morgan fingerprint density at radius 2 is 2.21 bits per heavy atom. The number of carbonyl (C=O) groups is 1. The normalized spacial score (nSPS) is 17.6. The van der Waals surface area contributed by atoms with E-state index in [-0.39, 0.29) is 12.5 Å². The Morgan fingerprint density at radius 1 is 1.38 bits per heavy atom. The quantitative estimate of drug-likeness (QED) is 0.790. The number of thioether (sulfide) groups is 1. The molecule has 1 fully saturated rings. The van der Waals surface area contributed by atoms with Gasteiger partial charge in [-0.2, -0.15) is 5.10 Å². The third-order valence-electron chi connectivity index (χ3n) is 4.33. The maximum absolute atomic E-state index is 12.1. The van der Waals surface area contributed by atoms with Gasteiger partial charge in [-0.1, -0.05) is 12.1 Å². The molecule has 0 bridgehead atoms. The SMILES string of the molecule is CSc1ccc(CNC(=O)Cn2ccc(C3CCCNC3)n2)cc1. The van der Waals surface area contributed by atoms with Crippen LogP contribution in [-0.4, -0.2) is 35.0 Å². The molecule has 2 heterocycles. The van der Waals surface area contributed by atoms with Gasteiger partial charge in [0.15, 0.2) is 0 Å². The molecule has 6 heteroatoms. The summed E-state index contributed by atoms with van der Waals surface area (Å²) in [6.07, 6.45) is 6.31. The standard InChI is InChI=1S/C18H24N4OS/c1-24-16-6-4-14(5-7-16)11-20-18(23)13-22-10-8-17(21-22)15-3-2-9-19-12-15/h4-8,10,15,19H,2-3,9,11-13H2,1H3,(H,20,23). The second kappa shape index (κ2) is 8.35. The molecule has 1 aromatic carbocycles. The van der Waals surface area contributed by atoms with Crippen molar-refractivity contribution in [2.45, 2.75) is 36.7 Å². The van der Waals surface area contributed by atoms with Crippen LogP contribution < -0.4 is 10.6 Å². The van der Waals surface area contributed by atoms with E-state index in [0.717, 1.165) is 24.3 Å². The highest BCUT2D eigenvalue weighted by Gasteiger charge is 2.17. The highest BCUT2D eigenvalue weighted by molar-refractivity contribution is 7.98. The molecule has 1 saturated heterocycles. The van der Waals surface area contributed by atoms with E-state index in [9.17, 15) is 4.79 Å². The van der Waals surface area contributed by atoms with Gasteiger partial charge in [0.2, 0.25) is 5.91 Å². The van der Waals surface area contributed by atoms with Gasteiger partial charge in [-0.3, -0.25) is 9.48 Å². The fourth-order valence-electron chi connectivity index (χ4n) is 2.93. The zero-order valence-corrected chi connectivity index (χ0v) is 14.8. The van der Waals surface area contributed by atoms with Crippen molar-refractivity contribution in [2.75, 3.05) is 19.3 Å². The van der Waals surface area contributed by atoms with Gasteiger partial charge in [0, 0.05) is 30.1 Å². The lowest BCUT2D eigenvalue weighted by molar-refractivity contribution is -0.122. The van der Waals surface area contributed by atoms with Crippen molar-refractivity contribution in [3.05, 3.63) is 47.8 Å². The van der Waals surface area contributed by atoms with Gasteiger partial charge in [-0.05, 0) is 49.4 Å². The molecule has 0 saturated carbocycles. The summed E-state index contributed by atoms with van der Waals surface area (Å²) in [5.74, 6) is 0.457. The number of hydrogen-bond donors (Lipinski definition) is 2. The van der Waals surface area contributed by atoms with Crippen molar-refractivity contribution >= 4 is 17.7 Å². The summed E-state index contributed by atoms with van der Waals surface area (Å²) >= 11 is 1.71. The number of carbonyl (C=O) groups excluding carboxylic acids is 1. The van der Waals surface area contributed by atoms with Gasteiger partial charge < -0.3 is 10.6 Å². The number of benzene rings is 1. The van der Waals surface area contributed by atoms with Crippen LogP contribution in [0.25, 0.3) is 0 Å². The summed E-state index contributed by atoms with van der Waals surface area (Å²) in [4.78, 5) is 13.3. The van der Waals surface area contributed by atoms with Crippen LogP contribution >= 0.6 is 11.8 Å². The predicted octanol–water partition coefficient (Wildman–Crippen LogP) is 2.39. The molecule has 3 rings (SSSR count). The van der Waals surface area contributed by atoms with Crippen LogP contribution in [0.5, 0.6) is 0 Å². The summed E-state index contributed by atoms with van der Waals surface area (Å²) < 4.78 is 1.73. The van der Waals surface area contributed by atoms with Crippen LogP contribution in [0.1, 0.15) is 30.0 Å². The van der Waals surface area contributed by atoms with Crippen LogP contribution in [0.2, 0.25) is 0 Å². The van der Waals surface area contributed by atoms with Crippen LogP contribution in [-0.2, 0) is 17.9 Å². The van der Waals surface area contributed by atoms with Crippen molar-refractivity contribution in [2.24, 2.45) is 0 Å². The molecule has 1 atom stereocenters. The van der Waals surface area contributed by atoms with Crippen LogP contribution in [0.15, 0.2) is 41.4 Å². The van der Waals surface area contributed by atoms with Gasteiger partial charge in [0.25, 0.3) is 0 Å². The number of nitrogens with zero attached hydrogens (tertiary/aromatic N) is 2. The zero-order chi connectivity index (χ0) is 16.8. The highest BCUT2D eigenvalue weighted by atomic mass is 32.2. The molecule has 1 amide bonds. The summed E-state index contributed by atoms with van der Waals surface area (Å²) in [6, 6.07) is 10.3. The third-order valence-corrected chi connectivity index (χ3v) is 5.07. The number of hydrogen-bond acceptors (Lipinski definition) is 4. The zero-order valence-electron chi connectivity index (χ0n) is 14.0. The Morgan fingerprint density at radius 3 is 2.92 bits per heavy atom. The molecule has 1 aliphatic rings. The van der Waals surface area contributed by atoms with Crippen LogP contribution in [0.3, 0.4) is 0 Å². The van der Waals surface area contributed by atoms with Gasteiger partial charge in [0.1, 0.15) is 6.54 Å². The molecule has 1 unspecified atom stereocenters. The maximum atomic E-state index is 12.1. The number of amides is 1. The summed E-state index contributed by atoms with van der Waals surface area (Å²) in [5, 5.41) is 10.9. The average molecular weight is 344 g/mol. The summed E-state index contributed by atoms with van der Waals surface area (Å²) in [6.45, 7) is 2.89. The molecule has 0 aliphatic carbocycles. The topological polar surface area (TPSA) is 59.0 Å². The largest absolute Gasteiger partial charge is 0.350 e. The first-order valence-electron chi connectivity index (χ1n) is 8.38. The first kappa shape index (κ1) is 17.0. The highest BCUT2D eigenvalue weighted by Crippen LogP contribution is 2.21. The second-order valence-corrected chi connectivity index (χ2v) is 6.99. The van der Waals surface area contributed by atoms with Gasteiger partial charge in [0.05, 0.1) is 5.69 Å². The third kappa shape index (κ3) is 4.61. The number of piperidine rings is 1. The summed E-state index contributed by atoms with van der Waals surface area (Å²) in [7, 11) is 0. The first-order valence-corrected chi connectivity index (χ1v) is 9.61. The van der Waals surface area contributed by atoms with E-state index in [0.29, 0.717) is 12.5 Å². The molecule has 1 aliphatic heterocycles. The fourth-order valence-corrected chi connectivity index (χ4v) is 3.34. The summed E-state index contributed by atoms with van der Waals surface area (Å²) in [5.41, 5.74) is 2.19. The first-order chi connectivity index (χ1) is 11.7. The van der Waals surface area contributed by atoms with Crippen molar-refractivity contribution in [3.63, 3.8) is 0 Å². The molecular formula is C18H24N4OS. The Labute approximate surface area is 147 Å². The van der Waals surface area contributed by atoms with Crippen LogP contribution in [0, 0.1) is 0 Å². The minimum Gasteiger partial charge on any atom is -0.350 e. The minimum atomic E-state index is -0.0136. The van der Waals surface area contributed by atoms with E-state index in [1.165, 1.54) is 17.7 Å². The fraction of sp³-hybridized carbons (Fsp3) is 0.444. The lowest BCUT2D eigenvalue weighted by Gasteiger charge is -2.20. The van der Waals surface area contributed by atoms with Crippen LogP contribution in [0.4, 0.5) is 0 Å². The Bertz CT molecular complexity index is 662. The average Bonchev–Trinajstić information content (AvgIpc) is 3.09. The van der Waals surface area contributed by atoms with Gasteiger partial charge >= 0.3 is 0 Å². The molecule has 128 valence electrons. The van der Waals surface area contributed by atoms with Crippen molar-refractivity contribution in [1.29, 1.82) is 0 Å². The van der Waals surface area contributed by atoms with E-state index in [4.69, 9.17) is 0 Å². The molecular weight excluding hydrogens is 320 g/mol. The maximum Gasteiger partial charge on any atom is 0.241 e. The Kier molecular flexibility index (Phi) is 5.93. The number of aromatic nitrogens is 2. The number of rotatable bonds is 6. The molecule has 0 spiro atoms. The van der Waals surface area contributed by atoms with E-state index in [2.05, 4.69) is 34.1 Å². The number of nitrogens with one attached hydrogen (secondary N) is 2. The predicted molar refractivity (Wildman–Crippen MR) is 97.1 cm³/mol. The van der Waals surface area contributed by atoms with Crippen molar-refractivity contribution in [1.82, 2.24) is 20.4 Å². The Hall–Kier alpha value is -1.79. The van der Waals surface area contributed by atoms with Gasteiger partial charge in [-0.15, -0.1) is 11.8 Å². The van der Waals surface area contributed by atoms with Crippen molar-refractivity contribution in [3.8, 4) is 0 Å². The molecule has 2 N–H and O–H groups in total. The smallest absolute Gasteiger partial charge is 0.241 e. The monoisotopic (exact) mass is 344 g/mol. The lowest BCUT2D eigenvalue weighted by Crippen LogP contribution is -2.29. The lowest BCUT2D eigenvalue weighted by atomic mass is 9.97. The molecule has 2 aromatic rings. The molecule has 5 nitrogen and oxygen atoms in total. The van der Waals surface area contributed by atoms with Crippen molar-refractivity contribution < 1.29 is 4.79 Å². The van der Waals surface area contributed by atoms with E-state index in [1.807, 2.05) is 24.4 Å². The van der Waals surface area contributed by atoms with Gasteiger partial charge in [-0.25, -0.2) is 0 Å². The second-order valence-electron chi connectivity index (χ2n) is 6.11. The van der Waals surface area contributed by atoms with E-state index in [1.54, 1.807) is 16.4 Å². The molecule has 0 radical (unpaired) electrons. The molecule has 1 aromatic heterocycles. The van der Waals surface area contributed by atoms with E-state index < -0.39 is 0 Å². The Balaban J connectivity index is 1.48. The van der Waals surface area contributed by atoms with E-state index >= 15 is 0 Å². The minimum absolute atomic E-state index is 0.0136. The molecule has 24 heavy (non-hydrogen) atoms.